The first-order chi connectivity index (χ1) is 30.2. The summed E-state index contributed by atoms with van der Waals surface area (Å²) in [5.74, 6) is 0. The van der Waals surface area contributed by atoms with Crippen LogP contribution in [0.2, 0.25) is 0 Å². The van der Waals surface area contributed by atoms with Crippen LogP contribution >= 0.6 is 11.8 Å². The first-order valence-electron chi connectivity index (χ1n) is 20.8. The average molecular weight is 795 g/mol. The van der Waals surface area contributed by atoms with Crippen molar-refractivity contribution in [1.82, 2.24) is 4.57 Å². The minimum absolute atomic E-state index is 1.14. The van der Waals surface area contributed by atoms with E-state index < -0.39 is 0 Å². The normalized spacial score (nSPS) is 12.2. The lowest BCUT2D eigenvalue weighted by molar-refractivity contribution is 1.17. The van der Waals surface area contributed by atoms with E-state index in [0.717, 1.165) is 11.4 Å². The van der Waals surface area contributed by atoms with Crippen molar-refractivity contribution in [2.45, 2.75) is 9.79 Å². The van der Waals surface area contributed by atoms with E-state index in [0.29, 0.717) is 0 Å². The largest absolute Gasteiger partial charge is 0.309 e. The maximum absolute atomic E-state index is 2.47. The Hall–Kier alpha value is -7.59. The number of aromatic nitrogens is 1. The second kappa shape index (κ2) is 14.6. The van der Waals surface area contributed by atoms with Gasteiger partial charge in [-0.1, -0.05) is 169 Å². The first kappa shape index (κ1) is 35.4. The molecule has 0 radical (unpaired) electrons. The van der Waals surface area contributed by atoms with Gasteiger partial charge in [0.1, 0.15) is 0 Å². The number of rotatable bonds is 6. The molecular weight excluding hydrogens is 757 g/mol. The Bertz CT molecular complexity index is 3390. The monoisotopic (exact) mass is 794 g/mol. The van der Waals surface area contributed by atoms with Crippen LogP contribution in [-0.2, 0) is 0 Å². The Labute approximate surface area is 359 Å². The number of hydrogen-bond donors (Lipinski definition) is 0. The molecule has 286 valence electrons. The fraction of sp³-hybridized carbons (Fsp3) is 0. The van der Waals surface area contributed by atoms with Crippen LogP contribution in [0.25, 0.3) is 82.8 Å². The van der Waals surface area contributed by atoms with Crippen LogP contribution in [0.3, 0.4) is 0 Å². The molecule has 3 heteroatoms. The highest BCUT2D eigenvalue weighted by molar-refractivity contribution is 7.99. The van der Waals surface area contributed by atoms with Gasteiger partial charge >= 0.3 is 0 Å². The minimum atomic E-state index is 1.14. The van der Waals surface area contributed by atoms with E-state index in [1.54, 1.807) is 0 Å². The molecule has 0 fully saturated rings. The van der Waals surface area contributed by atoms with Crippen LogP contribution in [-0.4, -0.2) is 4.57 Å². The van der Waals surface area contributed by atoms with E-state index in [1.165, 1.54) is 98.3 Å². The molecule has 0 N–H and O–H groups in total. The third-order valence-corrected chi connectivity index (χ3v) is 13.2. The van der Waals surface area contributed by atoms with Crippen molar-refractivity contribution >= 4 is 61.4 Å². The van der Waals surface area contributed by atoms with Gasteiger partial charge in [0.2, 0.25) is 0 Å². The molecule has 10 aromatic carbocycles. The Kier molecular flexibility index (Phi) is 8.46. The van der Waals surface area contributed by atoms with Gasteiger partial charge in [-0.05, 0) is 128 Å². The Morgan fingerprint density at radius 1 is 0.279 bits per heavy atom. The molecular formula is C58H38N2S. The van der Waals surface area contributed by atoms with E-state index in [9.17, 15) is 0 Å². The Morgan fingerprint density at radius 3 is 1.52 bits per heavy atom. The van der Waals surface area contributed by atoms with E-state index in [-0.39, 0.29) is 0 Å². The standard InChI is InChI=1S/C58H38N2S/c1-4-15-39(16-5-1)42-23-14-24-49(32-42)59-55-37-46(28-30-57(55)61-58-38-44-22-11-10-21-43(44)36-56(58)59)45-27-29-54-52(35-45)51-25-12-13-26-53(51)60(54)50-33-47(40-17-6-2-7-18-40)31-48(34-50)41-19-8-3-9-20-41/h1-38H. The van der Waals surface area contributed by atoms with Gasteiger partial charge in [-0.3, -0.25) is 0 Å². The average Bonchev–Trinajstić information content (AvgIpc) is 3.67. The van der Waals surface area contributed by atoms with Gasteiger partial charge in [0.05, 0.1) is 22.4 Å². The molecule has 0 atom stereocenters. The summed E-state index contributed by atoms with van der Waals surface area (Å²) in [6.07, 6.45) is 0. The van der Waals surface area contributed by atoms with Crippen LogP contribution in [0, 0.1) is 0 Å². The molecule has 1 aliphatic rings. The molecule has 11 aromatic rings. The zero-order chi connectivity index (χ0) is 40.3. The molecule has 0 amide bonds. The molecule has 61 heavy (non-hydrogen) atoms. The summed E-state index contributed by atoms with van der Waals surface area (Å²) in [6.45, 7) is 0. The van der Waals surface area contributed by atoms with Gasteiger partial charge in [0, 0.05) is 31.9 Å². The van der Waals surface area contributed by atoms with Crippen molar-refractivity contribution in [1.29, 1.82) is 0 Å². The number of benzene rings is 10. The molecule has 0 spiro atoms. The van der Waals surface area contributed by atoms with E-state index in [2.05, 4.69) is 240 Å². The zero-order valence-corrected chi connectivity index (χ0v) is 34.1. The van der Waals surface area contributed by atoms with Crippen molar-refractivity contribution in [2.24, 2.45) is 0 Å². The molecule has 0 bridgehead atoms. The zero-order valence-electron chi connectivity index (χ0n) is 33.2. The fourth-order valence-electron chi connectivity index (χ4n) is 9.17. The second-order valence-electron chi connectivity index (χ2n) is 15.8. The van der Waals surface area contributed by atoms with Gasteiger partial charge in [0.25, 0.3) is 0 Å². The summed E-state index contributed by atoms with van der Waals surface area (Å²) in [7, 11) is 0. The maximum atomic E-state index is 2.47. The molecule has 0 aliphatic carbocycles. The quantitative estimate of drug-likeness (QED) is 0.166. The smallest absolute Gasteiger partial charge is 0.0608 e. The summed E-state index contributed by atoms with van der Waals surface area (Å²) in [5.41, 5.74) is 16.6. The summed E-state index contributed by atoms with van der Waals surface area (Å²) in [4.78, 5) is 4.96. The van der Waals surface area contributed by atoms with Gasteiger partial charge in [-0.2, -0.15) is 0 Å². The predicted molar refractivity (Wildman–Crippen MR) is 259 cm³/mol. The van der Waals surface area contributed by atoms with E-state index >= 15 is 0 Å². The first-order valence-corrected chi connectivity index (χ1v) is 21.6. The van der Waals surface area contributed by atoms with Crippen LogP contribution in [0.4, 0.5) is 17.1 Å². The van der Waals surface area contributed by atoms with Crippen LogP contribution in [0.1, 0.15) is 0 Å². The molecule has 1 aliphatic heterocycles. The Balaban J connectivity index is 1.02. The summed E-state index contributed by atoms with van der Waals surface area (Å²) in [5, 5.41) is 4.95. The second-order valence-corrected chi connectivity index (χ2v) is 16.9. The van der Waals surface area contributed by atoms with Gasteiger partial charge < -0.3 is 9.47 Å². The molecule has 0 saturated heterocycles. The van der Waals surface area contributed by atoms with Crippen molar-refractivity contribution in [3.05, 3.63) is 231 Å². The van der Waals surface area contributed by atoms with Gasteiger partial charge in [0.15, 0.2) is 0 Å². The van der Waals surface area contributed by atoms with Crippen molar-refractivity contribution in [2.75, 3.05) is 4.90 Å². The Morgan fingerprint density at radius 2 is 0.803 bits per heavy atom. The highest BCUT2D eigenvalue weighted by Gasteiger charge is 2.27. The summed E-state index contributed by atoms with van der Waals surface area (Å²) < 4.78 is 2.44. The van der Waals surface area contributed by atoms with Crippen molar-refractivity contribution in [3.8, 4) is 50.2 Å². The number of hydrogen-bond acceptors (Lipinski definition) is 2. The van der Waals surface area contributed by atoms with Gasteiger partial charge in [-0.15, -0.1) is 0 Å². The van der Waals surface area contributed by atoms with Crippen molar-refractivity contribution in [3.63, 3.8) is 0 Å². The summed E-state index contributed by atoms with van der Waals surface area (Å²) in [6, 6.07) is 84.3. The summed E-state index contributed by atoms with van der Waals surface area (Å²) >= 11 is 1.86. The van der Waals surface area contributed by atoms with Gasteiger partial charge in [-0.25, -0.2) is 0 Å². The third-order valence-electron chi connectivity index (χ3n) is 12.1. The topological polar surface area (TPSA) is 8.17 Å². The molecule has 0 unspecified atom stereocenters. The van der Waals surface area contributed by atoms with Crippen LogP contribution in [0.15, 0.2) is 240 Å². The van der Waals surface area contributed by atoms with E-state index in [1.807, 2.05) is 11.8 Å². The highest BCUT2D eigenvalue weighted by Crippen LogP contribution is 2.54. The lowest BCUT2D eigenvalue weighted by Gasteiger charge is -2.34. The van der Waals surface area contributed by atoms with Crippen LogP contribution in [0.5, 0.6) is 0 Å². The minimum Gasteiger partial charge on any atom is -0.309 e. The van der Waals surface area contributed by atoms with E-state index in [4.69, 9.17) is 0 Å². The SMILES string of the molecule is c1ccc(-c2cccc(N3c4cc(-c5ccc6c(c5)c5ccccc5n6-c5cc(-c6ccccc6)cc(-c6ccccc6)c5)ccc4Sc4cc5ccccc5cc43)c2)cc1. The molecule has 2 heterocycles. The third kappa shape index (κ3) is 6.21. The van der Waals surface area contributed by atoms with Crippen LogP contribution < -0.4 is 4.90 Å². The number of fused-ring (bicyclic) bond motifs is 6. The lowest BCUT2D eigenvalue weighted by atomic mass is 9.98. The molecule has 1 aromatic heterocycles. The fourth-order valence-corrected chi connectivity index (χ4v) is 10.2. The number of nitrogens with zero attached hydrogens (tertiary/aromatic N) is 2. The lowest BCUT2D eigenvalue weighted by Crippen LogP contribution is -2.15. The maximum Gasteiger partial charge on any atom is 0.0608 e. The molecule has 2 nitrogen and oxygen atoms in total. The number of para-hydroxylation sites is 1. The molecule has 0 saturated carbocycles. The van der Waals surface area contributed by atoms with Crippen molar-refractivity contribution < 1.29 is 0 Å². The number of anilines is 3. The highest BCUT2D eigenvalue weighted by atomic mass is 32.2. The predicted octanol–water partition coefficient (Wildman–Crippen LogP) is 16.5. The molecule has 12 rings (SSSR count).